The normalized spacial score (nSPS) is 11.0. The lowest BCUT2D eigenvalue weighted by Crippen LogP contribution is -2.29. The van der Waals surface area contributed by atoms with E-state index in [0.29, 0.717) is 11.3 Å². The number of hydrogen-bond acceptors (Lipinski definition) is 5. The van der Waals surface area contributed by atoms with Crippen LogP contribution in [0.4, 0.5) is 11.4 Å². The van der Waals surface area contributed by atoms with E-state index in [1.807, 2.05) is 6.92 Å². The molecule has 0 unspecified atom stereocenters. The van der Waals surface area contributed by atoms with Crippen molar-refractivity contribution in [1.29, 1.82) is 0 Å². The summed E-state index contributed by atoms with van der Waals surface area (Å²) in [6.07, 6.45) is 0. The van der Waals surface area contributed by atoms with Crippen LogP contribution in [0.25, 0.3) is 0 Å². The second-order valence-electron chi connectivity index (χ2n) is 7.51. The van der Waals surface area contributed by atoms with E-state index in [0.717, 1.165) is 15.4 Å². The number of para-hydroxylation sites is 1. The highest BCUT2D eigenvalue weighted by Gasteiger charge is 2.25. The number of carbonyl (C=O) groups is 2. The van der Waals surface area contributed by atoms with Crippen LogP contribution in [0.15, 0.2) is 71.6 Å². The molecule has 0 spiro atoms. The van der Waals surface area contributed by atoms with Gasteiger partial charge in [0.25, 0.3) is 15.9 Å². The van der Waals surface area contributed by atoms with Crippen LogP contribution in [0, 0.1) is 13.8 Å². The molecule has 0 heterocycles. The molecular weight excluding hydrogens is 440 g/mol. The van der Waals surface area contributed by atoms with Gasteiger partial charge < -0.3 is 10.1 Å². The van der Waals surface area contributed by atoms with Crippen LogP contribution in [0.3, 0.4) is 0 Å². The predicted octanol–water partition coefficient (Wildman–Crippen LogP) is 4.56. The Morgan fingerprint density at radius 2 is 1.64 bits per heavy atom. The van der Waals surface area contributed by atoms with Crippen LogP contribution < -0.4 is 9.62 Å². The van der Waals surface area contributed by atoms with Crippen LogP contribution in [0.1, 0.15) is 38.8 Å². The van der Waals surface area contributed by atoms with E-state index >= 15 is 0 Å². The molecule has 0 bridgehead atoms. The molecule has 1 amide bonds. The highest BCUT2D eigenvalue weighted by Crippen LogP contribution is 2.27. The summed E-state index contributed by atoms with van der Waals surface area (Å²) in [5, 5.41) is 2.79. The third-order valence-electron chi connectivity index (χ3n) is 5.16. The van der Waals surface area contributed by atoms with Crippen molar-refractivity contribution in [2.24, 2.45) is 0 Å². The van der Waals surface area contributed by atoms with Crippen molar-refractivity contribution in [2.75, 3.05) is 23.3 Å². The van der Waals surface area contributed by atoms with Crippen LogP contribution in [-0.2, 0) is 14.8 Å². The third kappa shape index (κ3) is 5.23. The van der Waals surface area contributed by atoms with E-state index in [2.05, 4.69) is 5.32 Å². The van der Waals surface area contributed by atoms with Gasteiger partial charge in [0.05, 0.1) is 28.3 Å². The first-order chi connectivity index (χ1) is 15.6. The van der Waals surface area contributed by atoms with Gasteiger partial charge in [-0.2, -0.15) is 0 Å². The molecule has 0 fully saturated rings. The van der Waals surface area contributed by atoms with Crippen LogP contribution in [0.2, 0.25) is 0 Å². The molecular formula is C25H26N2O5S. The smallest absolute Gasteiger partial charge is 0.338 e. The van der Waals surface area contributed by atoms with Gasteiger partial charge >= 0.3 is 5.97 Å². The summed E-state index contributed by atoms with van der Waals surface area (Å²) in [6, 6.07) is 17.8. The summed E-state index contributed by atoms with van der Waals surface area (Å²) in [5.41, 5.74) is 2.84. The van der Waals surface area contributed by atoms with E-state index in [9.17, 15) is 18.0 Å². The number of anilines is 2. The SMILES string of the molecule is CCOC(=O)c1ccc(C)c(NC(=O)c2ccccc2N(C)S(=O)(=O)c2ccc(C)cc2)c1. The lowest BCUT2D eigenvalue weighted by Gasteiger charge is -2.22. The molecule has 0 aliphatic carbocycles. The molecule has 3 aromatic rings. The molecule has 0 aromatic heterocycles. The van der Waals surface area contributed by atoms with Crippen LogP contribution in [-0.4, -0.2) is 33.9 Å². The number of esters is 1. The number of carbonyl (C=O) groups excluding carboxylic acids is 2. The number of hydrogen-bond donors (Lipinski definition) is 1. The van der Waals surface area contributed by atoms with Crippen molar-refractivity contribution in [3.63, 3.8) is 0 Å². The second-order valence-corrected chi connectivity index (χ2v) is 9.48. The zero-order valence-electron chi connectivity index (χ0n) is 19.0. The maximum absolute atomic E-state index is 13.2. The Morgan fingerprint density at radius 3 is 2.30 bits per heavy atom. The molecule has 8 heteroatoms. The fourth-order valence-electron chi connectivity index (χ4n) is 3.23. The fourth-order valence-corrected chi connectivity index (χ4v) is 4.44. The summed E-state index contributed by atoms with van der Waals surface area (Å²) in [4.78, 5) is 25.4. The first-order valence-electron chi connectivity index (χ1n) is 10.4. The number of nitrogens with one attached hydrogen (secondary N) is 1. The molecule has 0 saturated heterocycles. The van der Waals surface area contributed by atoms with E-state index in [-0.39, 0.29) is 22.8 Å². The number of aryl methyl sites for hydroxylation is 2. The number of amides is 1. The zero-order chi connectivity index (χ0) is 24.2. The summed E-state index contributed by atoms with van der Waals surface area (Å²) in [6.45, 7) is 5.62. The molecule has 3 rings (SSSR count). The molecule has 7 nitrogen and oxygen atoms in total. The summed E-state index contributed by atoms with van der Waals surface area (Å²) in [5.74, 6) is -0.988. The molecule has 0 atom stereocenters. The van der Waals surface area contributed by atoms with Gasteiger partial charge in [-0.3, -0.25) is 9.10 Å². The molecule has 1 N–H and O–H groups in total. The van der Waals surface area contributed by atoms with Gasteiger partial charge in [0.2, 0.25) is 0 Å². The lowest BCUT2D eigenvalue weighted by atomic mass is 10.1. The monoisotopic (exact) mass is 466 g/mol. The minimum absolute atomic E-state index is 0.129. The lowest BCUT2D eigenvalue weighted by molar-refractivity contribution is 0.0526. The summed E-state index contributed by atoms with van der Waals surface area (Å²) >= 11 is 0. The standard InChI is InChI=1S/C25H26N2O5S/c1-5-32-25(29)19-13-12-18(3)22(16-19)26-24(28)21-8-6-7-9-23(21)27(4)33(30,31)20-14-10-17(2)11-15-20/h6-16H,5H2,1-4H3,(H,26,28). The molecule has 0 aliphatic heterocycles. The van der Waals surface area contributed by atoms with Crippen LogP contribution in [0.5, 0.6) is 0 Å². The van der Waals surface area contributed by atoms with Gasteiger partial charge in [-0.15, -0.1) is 0 Å². The second kappa shape index (κ2) is 9.87. The Kier molecular flexibility index (Phi) is 7.18. The quantitative estimate of drug-likeness (QED) is 0.516. The Bertz CT molecular complexity index is 1280. The first kappa shape index (κ1) is 24.0. The molecule has 0 aliphatic rings. The Labute approximate surface area is 194 Å². The van der Waals surface area contributed by atoms with E-state index < -0.39 is 21.9 Å². The first-order valence-corrected chi connectivity index (χ1v) is 11.8. The number of benzene rings is 3. The van der Waals surface area contributed by atoms with Gasteiger partial charge in [0, 0.05) is 12.7 Å². The van der Waals surface area contributed by atoms with Crippen molar-refractivity contribution in [2.45, 2.75) is 25.7 Å². The number of ether oxygens (including phenoxy) is 1. The van der Waals surface area contributed by atoms with Crippen molar-refractivity contribution in [3.8, 4) is 0 Å². The highest BCUT2D eigenvalue weighted by atomic mass is 32.2. The molecule has 0 saturated carbocycles. The largest absolute Gasteiger partial charge is 0.462 e. The average Bonchev–Trinajstić information content (AvgIpc) is 2.80. The molecule has 33 heavy (non-hydrogen) atoms. The van der Waals surface area contributed by atoms with Crippen molar-refractivity contribution in [1.82, 2.24) is 0 Å². The molecule has 3 aromatic carbocycles. The van der Waals surface area contributed by atoms with Gasteiger partial charge in [0.15, 0.2) is 0 Å². The summed E-state index contributed by atoms with van der Waals surface area (Å²) < 4.78 is 32.4. The zero-order valence-corrected chi connectivity index (χ0v) is 19.8. The van der Waals surface area contributed by atoms with Crippen molar-refractivity contribution in [3.05, 3.63) is 89.0 Å². The van der Waals surface area contributed by atoms with Crippen molar-refractivity contribution >= 4 is 33.3 Å². The van der Waals surface area contributed by atoms with Gasteiger partial charge in [-0.1, -0.05) is 35.9 Å². The minimum atomic E-state index is -3.88. The highest BCUT2D eigenvalue weighted by molar-refractivity contribution is 7.92. The van der Waals surface area contributed by atoms with E-state index in [1.54, 1.807) is 68.4 Å². The van der Waals surface area contributed by atoms with E-state index in [1.165, 1.54) is 19.2 Å². The number of sulfonamides is 1. The maximum atomic E-state index is 13.2. The van der Waals surface area contributed by atoms with E-state index in [4.69, 9.17) is 4.74 Å². The minimum Gasteiger partial charge on any atom is -0.462 e. The maximum Gasteiger partial charge on any atom is 0.338 e. The predicted molar refractivity (Wildman–Crippen MR) is 128 cm³/mol. The van der Waals surface area contributed by atoms with Crippen molar-refractivity contribution < 1.29 is 22.7 Å². The Morgan fingerprint density at radius 1 is 0.970 bits per heavy atom. The van der Waals surface area contributed by atoms with Gasteiger partial charge in [-0.25, -0.2) is 13.2 Å². The fraction of sp³-hybridized carbons (Fsp3) is 0.200. The Hall–Kier alpha value is -3.65. The summed E-state index contributed by atoms with van der Waals surface area (Å²) in [7, 11) is -2.47. The third-order valence-corrected chi connectivity index (χ3v) is 6.95. The van der Waals surface area contributed by atoms with Gasteiger partial charge in [-0.05, 0) is 62.7 Å². The van der Waals surface area contributed by atoms with Crippen LogP contribution >= 0.6 is 0 Å². The number of rotatable bonds is 7. The Balaban J connectivity index is 1.93. The average molecular weight is 467 g/mol. The number of nitrogens with zero attached hydrogens (tertiary/aromatic N) is 1. The molecule has 172 valence electrons. The van der Waals surface area contributed by atoms with Gasteiger partial charge in [0.1, 0.15) is 0 Å². The topological polar surface area (TPSA) is 92.8 Å². The molecule has 0 radical (unpaired) electrons.